The molecule has 0 radical (unpaired) electrons. The normalized spacial score (nSPS) is 10.5. The van der Waals surface area contributed by atoms with Crippen LogP contribution in [0.5, 0.6) is 0 Å². The number of aromatic nitrogens is 2. The molecule has 1 aromatic heterocycles. The maximum atomic E-state index is 8.59. The van der Waals surface area contributed by atoms with Crippen molar-refractivity contribution in [1.29, 1.82) is 0 Å². The molecule has 0 aliphatic heterocycles. The predicted molar refractivity (Wildman–Crippen MR) is 87.6 cm³/mol. The summed E-state index contributed by atoms with van der Waals surface area (Å²) < 4.78 is 0. The summed E-state index contributed by atoms with van der Waals surface area (Å²) in [5.74, 6) is 0. The minimum absolute atomic E-state index is 0.133. The van der Waals surface area contributed by atoms with Crippen molar-refractivity contribution in [2.24, 2.45) is 5.11 Å². The van der Waals surface area contributed by atoms with Gasteiger partial charge in [-0.2, -0.15) is 0 Å². The Hall–Kier alpha value is -2.62. The summed E-state index contributed by atoms with van der Waals surface area (Å²) in [6, 6.07) is 13.2. The van der Waals surface area contributed by atoms with Crippen LogP contribution >= 0.6 is 11.6 Å². The van der Waals surface area contributed by atoms with Crippen LogP contribution in [0.1, 0.15) is 11.3 Å². The lowest BCUT2D eigenvalue weighted by molar-refractivity contribution is 0.977. The topological polar surface area (TPSA) is 74.5 Å². The Morgan fingerprint density at radius 3 is 2.73 bits per heavy atom. The third-order valence-corrected chi connectivity index (χ3v) is 3.71. The zero-order valence-electron chi connectivity index (χ0n) is 11.9. The Bertz CT molecular complexity index is 900. The summed E-state index contributed by atoms with van der Waals surface area (Å²) in [6.07, 6.45) is 0. The maximum absolute atomic E-state index is 8.59. The summed E-state index contributed by atoms with van der Waals surface area (Å²) in [5.41, 5.74) is 13.3. The monoisotopic (exact) mass is 309 g/mol. The molecule has 22 heavy (non-hydrogen) atoms. The number of fused-ring (bicyclic) bond motifs is 1. The second-order valence-electron chi connectivity index (χ2n) is 4.83. The van der Waals surface area contributed by atoms with Gasteiger partial charge < -0.3 is 0 Å². The van der Waals surface area contributed by atoms with Crippen LogP contribution in [0.15, 0.2) is 47.6 Å². The van der Waals surface area contributed by atoms with Crippen LogP contribution in [0.3, 0.4) is 0 Å². The number of hydrogen-bond donors (Lipinski definition) is 0. The van der Waals surface area contributed by atoms with Gasteiger partial charge in [-0.3, -0.25) is 0 Å². The van der Waals surface area contributed by atoms with Gasteiger partial charge in [0, 0.05) is 10.5 Å². The molecule has 0 spiro atoms. The Morgan fingerprint density at radius 2 is 1.95 bits per heavy atom. The van der Waals surface area contributed by atoms with E-state index in [1.54, 1.807) is 6.07 Å². The minimum Gasteiger partial charge on any atom is -0.249 e. The van der Waals surface area contributed by atoms with Crippen LogP contribution in [0.4, 0.5) is 0 Å². The maximum Gasteiger partial charge on any atom is 0.0941 e. The van der Waals surface area contributed by atoms with E-state index in [-0.39, 0.29) is 6.54 Å². The van der Waals surface area contributed by atoms with Gasteiger partial charge in [0.25, 0.3) is 0 Å². The summed E-state index contributed by atoms with van der Waals surface area (Å²) in [5, 5.41) is 4.21. The molecule has 0 saturated carbocycles. The van der Waals surface area contributed by atoms with Crippen LogP contribution in [0.25, 0.3) is 32.7 Å². The largest absolute Gasteiger partial charge is 0.249 e. The molecule has 0 bridgehead atoms. The zero-order chi connectivity index (χ0) is 15.5. The highest BCUT2D eigenvalue weighted by Gasteiger charge is 2.13. The van der Waals surface area contributed by atoms with E-state index in [9.17, 15) is 0 Å². The SMILES string of the molecule is Cc1cccc2nc(CN=[N+]=[N-])c(-c3ccccc3Cl)nc12. The molecule has 2 aromatic carbocycles. The molecular weight excluding hydrogens is 298 g/mol. The van der Waals surface area contributed by atoms with Crippen molar-refractivity contribution in [2.75, 3.05) is 0 Å². The van der Waals surface area contributed by atoms with E-state index in [2.05, 4.69) is 15.0 Å². The first-order valence-corrected chi connectivity index (χ1v) is 7.10. The van der Waals surface area contributed by atoms with Crippen LogP contribution in [-0.4, -0.2) is 9.97 Å². The fourth-order valence-corrected chi connectivity index (χ4v) is 2.56. The van der Waals surface area contributed by atoms with Gasteiger partial charge in [0.15, 0.2) is 0 Å². The first kappa shape index (κ1) is 14.3. The van der Waals surface area contributed by atoms with Gasteiger partial charge >= 0.3 is 0 Å². The number of hydrogen-bond acceptors (Lipinski definition) is 3. The predicted octanol–water partition coefficient (Wildman–Crippen LogP) is 5.07. The van der Waals surface area contributed by atoms with E-state index in [0.717, 1.165) is 22.2 Å². The van der Waals surface area contributed by atoms with Crippen molar-refractivity contribution in [1.82, 2.24) is 9.97 Å². The van der Waals surface area contributed by atoms with E-state index in [0.29, 0.717) is 16.4 Å². The van der Waals surface area contributed by atoms with Crippen molar-refractivity contribution in [3.05, 3.63) is 69.2 Å². The molecule has 108 valence electrons. The summed E-state index contributed by atoms with van der Waals surface area (Å²) in [7, 11) is 0. The number of nitrogens with zero attached hydrogens (tertiary/aromatic N) is 5. The molecule has 3 aromatic rings. The van der Waals surface area contributed by atoms with Gasteiger partial charge in [-0.05, 0) is 30.2 Å². The van der Waals surface area contributed by atoms with E-state index >= 15 is 0 Å². The van der Waals surface area contributed by atoms with E-state index in [4.69, 9.17) is 22.1 Å². The van der Waals surface area contributed by atoms with Crippen LogP contribution in [0.2, 0.25) is 5.02 Å². The Morgan fingerprint density at radius 1 is 1.14 bits per heavy atom. The van der Waals surface area contributed by atoms with Crippen molar-refractivity contribution >= 4 is 22.6 Å². The number of aryl methyl sites for hydroxylation is 1. The molecule has 0 aliphatic carbocycles. The van der Waals surface area contributed by atoms with E-state index in [1.165, 1.54) is 0 Å². The minimum atomic E-state index is 0.133. The van der Waals surface area contributed by atoms with Crippen LogP contribution < -0.4 is 0 Å². The Balaban J connectivity index is 2.32. The quantitative estimate of drug-likeness (QED) is 0.385. The molecule has 0 atom stereocenters. The lowest BCUT2D eigenvalue weighted by Crippen LogP contribution is -1.99. The second kappa shape index (κ2) is 6.02. The highest BCUT2D eigenvalue weighted by molar-refractivity contribution is 6.33. The standard InChI is InChI=1S/C16H12ClN5/c1-10-5-4-8-13-15(10)21-16(14(20-13)9-19-22-18)11-6-2-3-7-12(11)17/h2-8H,9H2,1H3. The molecule has 0 saturated heterocycles. The summed E-state index contributed by atoms with van der Waals surface area (Å²) in [6.45, 7) is 2.12. The lowest BCUT2D eigenvalue weighted by atomic mass is 10.1. The average molecular weight is 310 g/mol. The van der Waals surface area contributed by atoms with Gasteiger partial charge in [-0.1, -0.05) is 47.0 Å². The highest BCUT2D eigenvalue weighted by Crippen LogP contribution is 2.30. The average Bonchev–Trinajstić information content (AvgIpc) is 2.53. The summed E-state index contributed by atoms with van der Waals surface area (Å²) >= 11 is 6.28. The molecular formula is C16H12ClN5. The molecule has 0 amide bonds. The second-order valence-corrected chi connectivity index (χ2v) is 5.24. The molecule has 0 unspecified atom stereocenters. The first-order valence-electron chi connectivity index (χ1n) is 6.72. The van der Waals surface area contributed by atoms with Gasteiger partial charge in [-0.15, -0.1) is 0 Å². The number of benzene rings is 2. The molecule has 5 nitrogen and oxygen atoms in total. The van der Waals surface area contributed by atoms with Crippen LogP contribution in [-0.2, 0) is 6.54 Å². The van der Waals surface area contributed by atoms with E-state index < -0.39 is 0 Å². The molecule has 3 rings (SSSR count). The molecule has 6 heteroatoms. The van der Waals surface area contributed by atoms with Crippen LogP contribution in [0, 0.1) is 6.92 Å². The Kier molecular flexibility index (Phi) is 3.92. The number of para-hydroxylation sites is 1. The van der Waals surface area contributed by atoms with Gasteiger partial charge in [0.05, 0.1) is 34.0 Å². The van der Waals surface area contributed by atoms with E-state index in [1.807, 2.05) is 43.3 Å². The number of rotatable bonds is 3. The fraction of sp³-hybridized carbons (Fsp3) is 0.125. The Labute approximate surface area is 132 Å². The molecule has 0 fully saturated rings. The van der Waals surface area contributed by atoms with Crippen molar-refractivity contribution < 1.29 is 0 Å². The third-order valence-electron chi connectivity index (χ3n) is 3.38. The molecule has 0 N–H and O–H groups in total. The summed E-state index contributed by atoms with van der Waals surface area (Å²) in [4.78, 5) is 12.1. The number of halogens is 1. The molecule has 1 heterocycles. The smallest absolute Gasteiger partial charge is 0.0941 e. The third kappa shape index (κ3) is 2.60. The van der Waals surface area contributed by atoms with Gasteiger partial charge in [-0.25, -0.2) is 9.97 Å². The van der Waals surface area contributed by atoms with Gasteiger partial charge in [0.2, 0.25) is 0 Å². The zero-order valence-corrected chi connectivity index (χ0v) is 12.6. The fourth-order valence-electron chi connectivity index (χ4n) is 2.33. The lowest BCUT2D eigenvalue weighted by Gasteiger charge is -2.11. The first-order chi connectivity index (χ1) is 10.7. The highest BCUT2D eigenvalue weighted by atomic mass is 35.5. The number of azide groups is 1. The molecule has 0 aliphatic rings. The van der Waals surface area contributed by atoms with Crippen molar-refractivity contribution in [3.8, 4) is 11.3 Å². The van der Waals surface area contributed by atoms with Crippen molar-refractivity contribution in [3.63, 3.8) is 0 Å². The van der Waals surface area contributed by atoms with Crippen molar-refractivity contribution in [2.45, 2.75) is 13.5 Å². The van der Waals surface area contributed by atoms with Gasteiger partial charge in [0.1, 0.15) is 0 Å².